The Kier molecular flexibility index (Phi) is 12.9. The Labute approximate surface area is 340 Å². The van der Waals surface area contributed by atoms with E-state index in [4.69, 9.17) is 28.4 Å². The minimum Gasteiger partial charge on any atom is -0.507 e. The van der Waals surface area contributed by atoms with Crippen LogP contribution in [0.5, 0.6) is 11.5 Å². The Morgan fingerprint density at radius 3 is 2.14 bits per heavy atom. The van der Waals surface area contributed by atoms with Crippen LogP contribution in [0.2, 0.25) is 0 Å². The molecule has 14 nitrogen and oxygen atoms in total. The number of ether oxygens (including phenoxy) is 6. The van der Waals surface area contributed by atoms with Gasteiger partial charge in [-0.3, -0.25) is 24.0 Å². The lowest BCUT2D eigenvalue weighted by atomic mass is 9.77. The number of nitrogens with zero attached hydrogens (tertiary/aromatic N) is 1. The first-order chi connectivity index (χ1) is 27.1. The number of phenolic OH excluding ortho intramolecular Hbond substituents is 1. The number of aromatic hydroxyl groups is 1. The normalized spacial score (nSPS) is 31.4. The van der Waals surface area contributed by atoms with Crippen LogP contribution in [0.15, 0.2) is 47.5 Å². The van der Waals surface area contributed by atoms with Crippen LogP contribution < -0.4 is 10.1 Å². The van der Waals surface area contributed by atoms with E-state index < -0.39 is 76.3 Å². The molecule has 0 unspecified atom stereocenters. The Balaban J connectivity index is 1.70. The van der Waals surface area contributed by atoms with Gasteiger partial charge in [-0.1, -0.05) is 45.9 Å². The molecule has 14 heteroatoms. The zero-order chi connectivity index (χ0) is 43.2. The van der Waals surface area contributed by atoms with Gasteiger partial charge in [-0.25, -0.2) is 0 Å². The summed E-state index contributed by atoms with van der Waals surface area (Å²) in [7, 11) is 1.50. The number of benzene rings is 1. The maximum Gasteiger partial charge on any atom is 0.312 e. The molecule has 4 heterocycles. The van der Waals surface area contributed by atoms with Crippen molar-refractivity contribution in [1.29, 1.82) is 0 Å². The van der Waals surface area contributed by atoms with Gasteiger partial charge in [0.05, 0.1) is 41.3 Å². The van der Waals surface area contributed by atoms with E-state index in [-0.39, 0.29) is 76.4 Å². The van der Waals surface area contributed by atoms with Crippen molar-refractivity contribution in [3.05, 3.63) is 69.8 Å². The number of esters is 1. The number of fused-ring (bicyclic) bond motifs is 10. The molecule has 1 aromatic carbocycles. The van der Waals surface area contributed by atoms with Crippen molar-refractivity contribution in [3.63, 3.8) is 0 Å². The quantitative estimate of drug-likeness (QED) is 0.327. The number of rotatable bonds is 5. The second kappa shape index (κ2) is 16.8. The zero-order valence-electron chi connectivity index (χ0n) is 35.8. The second-order valence-corrected chi connectivity index (χ2v) is 16.3. The average Bonchev–Trinajstić information content (AvgIpc) is 3.43. The molecule has 4 aliphatic heterocycles. The smallest absolute Gasteiger partial charge is 0.312 e. The number of ketones is 3. The first kappa shape index (κ1) is 44.3. The molecular formula is C44H58N2O12. The summed E-state index contributed by atoms with van der Waals surface area (Å²) in [6.07, 6.45) is 5.88. The molecule has 7 bridgehead atoms. The van der Waals surface area contributed by atoms with Gasteiger partial charge in [-0.05, 0) is 47.6 Å². The molecule has 0 spiro atoms. The molecule has 1 amide bonds. The summed E-state index contributed by atoms with van der Waals surface area (Å²) in [6.45, 7) is 21.4. The van der Waals surface area contributed by atoms with Crippen LogP contribution in [0.4, 0.5) is 0 Å². The van der Waals surface area contributed by atoms with Crippen molar-refractivity contribution in [2.24, 2.45) is 23.7 Å². The summed E-state index contributed by atoms with van der Waals surface area (Å²) in [5.41, 5.74) is -1.14. The molecular weight excluding hydrogens is 748 g/mol. The van der Waals surface area contributed by atoms with E-state index in [1.54, 1.807) is 43.9 Å². The van der Waals surface area contributed by atoms with E-state index in [9.17, 15) is 29.1 Å². The fourth-order valence-electron chi connectivity index (χ4n) is 8.60. The Hall–Kier alpha value is -4.79. The minimum absolute atomic E-state index is 0.0350. The first-order valence-electron chi connectivity index (χ1n) is 19.9. The molecule has 1 aliphatic carbocycles. The molecule has 0 saturated carbocycles. The predicted octanol–water partition coefficient (Wildman–Crippen LogP) is 6.10. The van der Waals surface area contributed by atoms with Crippen molar-refractivity contribution < 1.29 is 57.5 Å². The van der Waals surface area contributed by atoms with Gasteiger partial charge in [-0.2, -0.15) is 0 Å². The van der Waals surface area contributed by atoms with Crippen molar-refractivity contribution in [3.8, 4) is 11.5 Å². The Morgan fingerprint density at radius 2 is 1.53 bits per heavy atom. The van der Waals surface area contributed by atoms with E-state index in [1.165, 1.54) is 34.1 Å². The number of amides is 1. The standard InChI is InChI=1S/C44H58N2O12/c1-14-46(15-2)33-32-35(49)30-29(36(33)50)31-40(24(6)34(30)48)58-44(12,41(31)51)54-20-19-28(53-13)23(5)38(55-27(9)47)26(8)39-25(7)37(56-43(10,11)57-39)21(3)17-16-18-22(4)42(52)45-32/h16-21,23,25-26,28,37-39,48H,14-15H2,1-13H3,(H,45,52)/t21-,23+,25+,26+,28-,37-,38+,39-,44-/m0/s1. The number of carbonyl (C=O) groups excluding carboxylic acids is 5. The van der Waals surface area contributed by atoms with Crippen molar-refractivity contribution >= 4 is 29.2 Å². The fourth-order valence-corrected chi connectivity index (χ4v) is 8.60. The number of hydrogen-bond acceptors (Lipinski definition) is 13. The van der Waals surface area contributed by atoms with Crippen molar-refractivity contribution in [2.45, 2.75) is 119 Å². The topological polar surface area (TPSA) is 176 Å². The number of methoxy groups -OCH3 is 1. The van der Waals surface area contributed by atoms with Gasteiger partial charge in [0.1, 0.15) is 29.0 Å². The molecule has 2 N–H and O–H groups in total. The van der Waals surface area contributed by atoms with Crippen LogP contribution in [-0.4, -0.2) is 95.4 Å². The SMILES string of the molecule is CCN(CC)C1=C2NC(=O)C(C)=CC=C[C@H](C)[C@@H]3OC(C)(C)O[C@H]([C@H](C)[C@H](OC(C)=O)[C@H](C)[C@@H](OC)C=CO[C@@]4(C)Oc5c(C)c(O)c(c(c5C4=O)C1=O)C2=O)[C@@H]3C. The number of allylic oxidation sites excluding steroid dienone is 4. The number of phenols is 1. The minimum atomic E-state index is -2.03. The van der Waals surface area contributed by atoms with E-state index in [0.717, 1.165) is 0 Å². The van der Waals surface area contributed by atoms with Crippen LogP contribution in [-0.2, 0) is 33.3 Å². The molecule has 5 aliphatic rings. The van der Waals surface area contributed by atoms with Crippen LogP contribution in [0.1, 0.15) is 113 Å². The maximum atomic E-state index is 14.6. The van der Waals surface area contributed by atoms with E-state index in [0.29, 0.717) is 0 Å². The third kappa shape index (κ3) is 7.98. The summed E-state index contributed by atoms with van der Waals surface area (Å²) in [6, 6.07) is 0. The fraction of sp³-hybridized carbons (Fsp3) is 0.568. The van der Waals surface area contributed by atoms with Gasteiger partial charge < -0.3 is 43.7 Å². The lowest BCUT2D eigenvalue weighted by Crippen LogP contribution is -2.56. The number of likely N-dealkylation sites (N-methyl/N-ethyl adjacent to an activating group) is 1. The van der Waals surface area contributed by atoms with E-state index >= 15 is 0 Å². The van der Waals surface area contributed by atoms with Gasteiger partial charge in [-0.15, -0.1) is 0 Å². The molecule has 316 valence electrons. The molecule has 9 atom stereocenters. The van der Waals surface area contributed by atoms with Crippen LogP contribution in [0.3, 0.4) is 0 Å². The lowest BCUT2D eigenvalue weighted by Gasteiger charge is -2.50. The molecule has 0 aromatic heterocycles. The van der Waals surface area contributed by atoms with Gasteiger partial charge in [0, 0.05) is 68.9 Å². The summed E-state index contributed by atoms with van der Waals surface area (Å²) in [5.74, 6) is -8.36. The van der Waals surface area contributed by atoms with Gasteiger partial charge in [0.15, 0.2) is 5.79 Å². The first-order valence-corrected chi connectivity index (χ1v) is 19.9. The van der Waals surface area contributed by atoms with Crippen molar-refractivity contribution in [2.75, 3.05) is 20.2 Å². The van der Waals surface area contributed by atoms with Crippen molar-refractivity contribution in [1.82, 2.24) is 10.2 Å². The van der Waals surface area contributed by atoms with E-state index in [2.05, 4.69) is 5.32 Å². The number of carbonyl (C=O) groups is 5. The molecule has 0 radical (unpaired) electrons. The highest BCUT2D eigenvalue weighted by Crippen LogP contribution is 2.49. The van der Waals surface area contributed by atoms with Crippen LogP contribution in [0.25, 0.3) is 0 Å². The largest absolute Gasteiger partial charge is 0.507 e. The Bertz CT molecular complexity index is 1990. The highest BCUT2D eigenvalue weighted by atomic mass is 16.7. The molecule has 1 fully saturated rings. The second-order valence-electron chi connectivity index (χ2n) is 16.3. The van der Waals surface area contributed by atoms with Gasteiger partial charge in [0.2, 0.25) is 11.6 Å². The number of nitrogens with one attached hydrogen (secondary N) is 1. The highest BCUT2D eigenvalue weighted by Gasteiger charge is 2.53. The summed E-state index contributed by atoms with van der Waals surface area (Å²) in [4.78, 5) is 71.5. The predicted molar refractivity (Wildman–Crippen MR) is 213 cm³/mol. The summed E-state index contributed by atoms with van der Waals surface area (Å²) >= 11 is 0. The summed E-state index contributed by atoms with van der Waals surface area (Å²) in [5, 5.41) is 14.2. The molecule has 1 saturated heterocycles. The third-order valence-corrected chi connectivity index (χ3v) is 11.8. The molecule has 6 rings (SSSR count). The van der Waals surface area contributed by atoms with E-state index in [1.807, 2.05) is 47.6 Å². The average molecular weight is 807 g/mol. The van der Waals surface area contributed by atoms with Gasteiger partial charge in [0.25, 0.3) is 11.7 Å². The third-order valence-electron chi connectivity index (χ3n) is 11.8. The number of hydrogen-bond donors (Lipinski definition) is 2. The molecule has 58 heavy (non-hydrogen) atoms. The monoisotopic (exact) mass is 806 g/mol. The zero-order valence-corrected chi connectivity index (χ0v) is 35.8. The highest BCUT2D eigenvalue weighted by molar-refractivity contribution is 6.32. The maximum absolute atomic E-state index is 14.6. The number of Topliss-reactive ketones (excluding diaryl/α,β-unsaturated/α-hetero) is 3. The Morgan fingerprint density at radius 1 is 0.897 bits per heavy atom. The molecule has 1 aromatic rings. The van der Waals surface area contributed by atoms with Gasteiger partial charge >= 0.3 is 11.8 Å². The summed E-state index contributed by atoms with van der Waals surface area (Å²) < 4.78 is 37.0. The lowest BCUT2D eigenvalue weighted by molar-refractivity contribution is -0.336. The van der Waals surface area contributed by atoms with Crippen LogP contribution in [0, 0.1) is 30.6 Å². The van der Waals surface area contributed by atoms with Crippen LogP contribution >= 0.6 is 0 Å².